The lowest BCUT2D eigenvalue weighted by molar-refractivity contribution is 0.391. The average Bonchev–Trinajstić information content (AvgIpc) is 2.62. The van der Waals surface area contributed by atoms with Gasteiger partial charge in [-0.2, -0.15) is 0 Å². The summed E-state index contributed by atoms with van der Waals surface area (Å²) in [5.41, 5.74) is 4.05. The maximum absolute atomic E-state index is 6.60. The van der Waals surface area contributed by atoms with E-state index in [9.17, 15) is 0 Å². The number of rotatable bonds is 4. The number of hydrogen-bond acceptors (Lipinski definition) is 3. The highest BCUT2D eigenvalue weighted by Gasteiger charge is 2.18. The molecular formula is C20H21Cl2N3. The fraction of sp³-hybridized carbons (Fsp3) is 0.150. The van der Waals surface area contributed by atoms with Crippen molar-refractivity contribution in [3.8, 4) is 0 Å². The first-order chi connectivity index (χ1) is 11.7. The van der Waals surface area contributed by atoms with E-state index in [1.807, 2.05) is 73.1 Å². The zero-order valence-corrected chi connectivity index (χ0v) is 15.6. The molecule has 1 aliphatic rings. The first-order valence-electron chi connectivity index (χ1n) is 7.89. The highest BCUT2D eigenvalue weighted by Crippen LogP contribution is 2.25. The molecule has 0 bridgehead atoms. The molecular weight excluding hydrogens is 353 g/mol. The van der Waals surface area contributed by atoms with E-state index in [0.717, 1.165) is 40.6 Å². The van der Waals surface area contributed by atoms with Crippen LogP contribution in [0.1, 0.15) is 0 Å². The van der Waals surface area contributed by atoms with Crippen molar-refractivity contribution in [2.24, 2.45) is 4.99 Å². The fourth-order valence-electron chi connectivity index (χ4n) is 2.56. The van der Waals surface area contributed by atoms with Crippen molar-refractivity contribution in [2.45, 2.75) is 0 Å². The Kier molecular flexibility index (Phi) is 7.26. The Bertz CT molecular complexity index is 768. The quantitative estimate of drug-likeness (QED) is 0.741. The van der Waals surface area contributed by atoms with Gasteiger partial charge in [0.2, 0.25) is 0 Å². The van der Waals surface area contributed by atoms with Crippen LogP contribution in [0.15, 0.2) is 88.0 Å². The van der Waals surface area contributed by atoms with Gasteiger partial charge in [0.1, 0.15) is 0 Å². The molecule has 2 aromatic rings. The van der Waals surface area contributed by atoms with Gasteiger partial charge < -0.3 is 5.32 Å². The molecule has 0 saturated carbocycles. The van der Waals surface area contributed by atoms with Gasteiger partial charge in [-0.15, -0.1) is 12.4 Å². The van der Waals surface area contributed by atoms with E-state index in [1.54, 1.807) is 0 Å². The third-order valence-electron chi connectivity index (χ3n) is 3.76. The Balaban J connectivity index is 0.00000225. The Morgan fingerprint density at radius 3 is 2.32 bits per heavy atom. The largest absolute Gasteiger partial charge is 0.361 e. The molecule has 0 aliphatic carbocycles. The fourth-order valence-corrected chi connectivity index (χ4v) is 2.78. The predicted molar refractivity (Wildman–Crippen MR) is 110 cm³/mol. The van der Waals surface area contributed by atoms with Gasteiger partial charge in [-0.3, -0.25) is 9.89 Å². The summed E-state index contributed by atoms with van der Waals surface area (Å²) in [6.45, 7) is 1.60. The second kappa shape index (κ2) is 9.42. The smallest absolute Gasteiger partial charge is 0.0629 e. The van der Waals surface area contributed by atoms with Crippen LogP contribution in [0.5, 0.6) is 0 Å². The van der Waals surface area contributed by atoms with Crippen LogP contribution < -0.4 is 5.32 Å². The number of likely N-dealkylation sites (N-methyl/N-ethyl adjacent to an activating group) is 1. The Labute approximate surface area is 160 Å². The van der Waals surface area contributed by atoms with Crippen molar-refractivity contribution < 1.29 is 0 Å². The summed E-state index contributed by atoms with van der Waals surface area (Å²) >= 11 is 6.60. The van der Waals surface area contributed by atoms with Gasteiger partial charge in [-0.1, -0.05) is 48.0 Å². The van der Waals surface area contributed by atoms with Gasteiger partial charge in [0.05, 0.1) is 10.7 Å². The van der Waals surface area contributed by atoms with Crippen LogP contribution in [-0.4, -0.2) is 31.3 Å². The number of para-hydroxylation sites is 2. The van der Waals surface area contributed by atoms with Crippen molar-refractivity contribution in [2.75, 3.05) is 25.5 Å². The minimum Gasteiger partial charge on any atom is -0.361 e. The number of halogens is 2. The first-order valence-corrected chi connectivity index (χ1v) is 8.27. The summed E-state index contributed by atoms with van der Waals surface area (Å²) in [4.78, 5) is 6.74. The molecule has 1 N–H and O–H groups in total. The van der Waals surface area contributed by atoms with E-state index in [-0.39, 0.29) is 12.4 Å². The molecule has 0 unspecified atom stereocenters. The molecule has 25 heavy (non-hydrogen) atoms. The van der Waals surface area contributed by atoms with Gasteiger partial charge in [-0.05, 0) is 31.3 Å². The van der Waals surface area contributed by atoms with E-state index >= 15 is 0 Å². The van der Waals surface area contributed by atoms with Crippen molar-refractivity contribution in [3.05, 3.63) is 83.0 Å². The van der Waals surface area contributed by atoms with Crippen molar-refractivity contribution >= 4 is 41.6 Å². The van der Waals surface area contributed by atoms with Gasteiger partial charge in [0.15, 0.2) is 0 Å². The van der Waals surface area contributed by atoms with Crippen LogP contribution in [0.2, 0.25) is 0 Å². The third kappa shape index (κ3) is 5.46. The average molecular weight is 374 g/mol. The van der Waals surface area contributed by atoms with Crippen LogP contribution >= 0.6 is 24.0 Å². The third-order valence-corrected chi connectivity index (χ3v) is 4.24. The second-order valence-electron chi connectivity index (χ2n) is 5.79. The van der Waals surface area contributed by atoms with E-state index in [2.05, 4.69) is 22.3 Å². The molecule has 0 fully saturated rings. The summed E-state index contributed by atoms with van der Waals surface area (Å²) in [6, 6.07) is 19.9. The minimum atomic E-state index is 0. The number of aliphatic imine (C=N–C) groups is 1. The molecule has 0 saturated heterocycles. The topological polar surface area (TPSA) is 27.6 Å². The lowest BCUT2D eigenvalue weighted by atomic mass is 10.1. The molecule has 1 aliphatic heterocycles. The molecule has 1 heterocycles. The number of nitrogens with one attached hydrogen (secondary N) is 1. The molecule has 130 valence electrons. The highest BCUT2D eigenvalue weighted by molar-refractivity contribution is 6.34. The van der Waals surface area contributed by atoms with Gasteiger partial charge in [-0.25, -0.2) is 0 Å². The van der Waals surface area contributed by atoms with Crippen LogP contribution in [-0.2, 0) is 0 Å². The summed E-state index contributed by atoms with van der Waals surface area (Å²) in [6.07, 6.45) is 3.84. The Morgan fingerprint density at radius 1 is 1.00 bits per heavy atom. The molecule has 2 aromatic carbocycles. The summed E-state index contributed by atoms with van der Waals surface area (Å²) < 4.78 is 0. The Hall–Kier alpha value is -2.07. The first kappa shape index (κ1) is 19.3. The van der Waals surface area contributed by atoms with Crippen molar-refractivity contribution in [1.82, 2.24) is 4.90 Å². The molecule has 3 nitrogen and oxygen atoms in total. The van der Waals surface area contributed by atoms with Crippen LogP contribution in [0, 0.1) is 0 Å². The van der Waals surface area contributed by atoms with Gasteiger partial charge in [0, 0.05) is 42.3 Å². The van der Waals surface area contributed by atoms with Crippen LogP contribution in [0.25, 0.3) is 0 Å². The van der Waals surface area contributed by atoms with E-state index in [1.165, 1.54) is 0 Å². The number of anilines is 1. The SMILES string of the molecule is CN1CC(C=Nc2ccccc2)=C(Cl)/C(=C/Nc2ccccc2)C1.Cl. The van der Waals surface area contributed by atoms with E-state index in [0.29, 0.717) is 0 Å². The summed E-state index contributed by atoms with van der Waals surface area (Å²) in [5, 5.41) is 4.08. The minimum absolute atomic E-state index is 0. The standard InChI is InChI=1S/C20H20ClN3.ClH/c1-24-14-16(12-22-18-8-4-2-5-9-18)20(21)17(15-24)13-23-19-10-6-3-7-11-19;/h2-13,22H,14-15H2,1H3;1H/b16-12+,23-13?;. The van der Waals surface area contributed by atoms with E-state index < -0.39 is 0 Å². The highest BCUT2D eigenvalue weighted by atomic mass is 35.5. The van der Waals surface area contributed by atoms with Gasteiger partial charge in [0.25, 0.3) is 0 Å². The monoisotopic (exact) mass is 373 g/mol. The molecule has 0 spiro atoms. The Morgan fingerprint density at radius 2 is 1.64 bits per heavy atom. The molecule has 3 rings (SSSR count). The second-order valence-corrected chi connectivity index (χ2v) is 6.16. The van der Waals surface area contributed by atoms with Crippen molar-refractivity contribution in [3.63, 3.8) is 0 Å². The number of nitrogens with zero attached hydrogens (tertiary/aromatic N) is 2. The normalized spacial score (nSPS) is 17.0. The van der Waals surface area contributed by atoms with Crippen LogP contribution in [0.3, 0.4) is 0 Å². The van der Waals surface area contributed by atoms with Crippen molar-refractivity contribution in [1.29, 1.82) is 0 Å². The number of benzene rings is 2. The zero-order chi connectivity index (χ0) is 16.8. The van der Waals surface area contributed by atoms with Crippen LogP contribution in [0.4, 0.5) is 11.4 Å². The molecule has 0 atom stereocenters. The molecule has 0 amide bonds. The lowest BCUT2D eigenvalue weighted by Gasteiger charge is -2.26. The maximum Gasteiger partial charge on any atom is 0.0629 e. The summed E-state index contributed by atoms with van der Waals surface area (Å²) in [7, 11) is 2.08. The van der Waals surface area contributed by atoms with Gasteiger partial charge >= 0.3 is 0 Å². The molecule has 0 aromatic heterocycles. The number of hydrogen-bond donors (Lipinski definition) is 1. The maximum atomic E-state index is 6.60. The molecule has 0 radical (unpaired) electrons. The van der Waals surface area contributed by atoms with E-state index in [4.69, 9.17) is 11.6 Å². The zero-order valence-electron chi connectivity index (χ0n) is 14.0. The predicted octanol–water partition coefficient (Wildman–Crippen LogP) is 5.25. The lowest BCUT2D eigenvalue weighted by Crippen LogP contribution is -2.29. The summed E-state index contributed by atoms with van der Waals surface area (Å²) in [5.74, 6) is 0. The molecule has 5 heteroatoms.